The van der Waals surface area contributed by atoms with Gasteiger partial charge in [-0.2, -0.15) is 0 Å². The summed E-state index contributed by atoms with van der Waals surface area (Å²) in [5, 5.41) is 0. The van der Waals surface area contributed by atoms with Gasteiger partial charge in [0.15, 0.2) is 0 Å². The molecular weight excluding hydrogens is 384 g/mol. The van der Waals surface area contributed by atoms with E-state index in [1.165, 1.54) is 12.8 Å². The Kier molecular flexibility index (Phi) is 18.4. The quantitative estimate of drug-likeness (QED) is 0.170. The number of ether oxygens (including phenoxy) is 1. The summed E-state index contributed by atoms with van der Waals surface area (Å²) in [5.41, 5.74) is 0. The van der Waals surface area contributed by atoms with E-state index in [0.717, 1.165) is 70.1 Å². The van der Waals surface area contributed by atoms with Gasteiger partial charge in [-0.3, -0.25) is 9.59 Å². The minimum absolute atomic E-state index is 0.0484. The first-order valence-electron chi connectivity index (χ1n) is 13.2. The van der Waals surface area contributed by atoms with Gasteiger partial charge in [-0.05, 0) is 55.8 Å². The number of hydrogen-bond donors (Lipinski definition) is 0. The van der Waals surface area contributed by atoms with E-state index < -0.39 is 0 Å². The van der Waals surface area contributed by atoms with Crippen molar-refractivity contribution < 1.29 is 14.3 Å². The predicted molar refractivity (Wildman–Crippen MR) is 133 cm³/mol. The van der Waals surface area contributed by atoms with Gasteiger partial charge in [-0.25, -0.2) is 0 Å². The zero-order valence-corrected chi connectivity index (χ0v) is 22.0. The molecule has 3 nitrogen and oxygen atoms in total. The topological polar surface area (TPSA) is 43.4 Å². The Hall–Kier alpha value is -0.700. The van der Waals surface area contributed by atoms with Crippen LogP contribution in [0.2, 0.25) is 0 Å². The van der Waals surface area contributed by atoms with E-state index in [2.05, 4.69) is 41.5 Å². The van der Waals surface area contributed by atoms with Crippen molar-refractivity contribution in [1.29, 1.82) is 0 Å². The highest BCUT2D eigenvalue weighted by Gasteiger charge is 2.20. The van der Waals surface area contributed by atoms with E-state index in [0.29, 0.717) is 42.3 Å². The van der Waals surface area contributed by atoms with Crippen LogP contribution in [0.3, 0.4) is 0 Å². The number of hydrogen-bond acceptors (Lipinski definition) is 3. The van der Waals surface area contributed by atoms with Crippen LogP contribution in [0, 0.1) is 29.6 Å². The number of carbonyl (C=O) groups is 2. The highest BCUT2D eigenvalue weighted by Crippen LogP contribution is 2.23. The van der Waals surface area contributed by atoms with Crippen LogP contribution in [0.25, 0.3) is 0 Å². The molecule has 0 amide bonds. The standard InChI is InChI=1S/C28H54O3/c1-22(2)11-10-14-27(29)13-9-8-12-24(5)17-19-26(21-31-7)28(30)20-18-25(6)16-15-23(3)4/h22-26H,8-21H2,1-7H3. The van der Waals surface area contributed by atoms with Gasteiger partial charge < -0.3 is 4.74 Å². The Morgan fingerprint density at radius 1 is 0.613 bits per heavy atom. The molecule has 0 aliphatic rings. The number of carbonyl (C=O) groups excluding carboxylic acids is 2. The number of methoxy groups -OCH3 is 1. The maximum absolute atomic E-state index is 12.7. The second kappa shape index (κ2) is 18.8. The van der Waals surface area contributed by atoms with E-state index in [-0.39, 0.29) is 5.92 Å². The Bertz CT molecular complexity index is 455. The minimum Gasteiger partial charge on any atom is -0.384 e. The molecule has 184 valence electrons. The molecule has 0 bridgehead atoms. The third-order valence-corrected chi connectivity index (χ3v) is 6.59. The van der Waals surface area contributed by atoms with Crippen molar-refractivity contribution in [1.82, 2.24) is 0 Å². The summed E-state index contributed by atoms with van der Waals surface area (Å²) in [6.45, 7) is 14.1. The maximum atomic E-state index is 12.7. The van der Waals surface area contributed by atoms with Crippen molar-refractivity contribution in [3.63, 3.8) is 0 Å². The van der Waals surface area contributed by atoms with Crippen LogP contribution in [0.1, 0.15) is 125 Å². The number of Topliss-reactive ketones (excluding diaryl/α,β-unsaturated/α-hetero) is 2. The molecule has 0 aliphatic carbocycles. The molecular formula is C28H54O3. The Labute approximate surface area is 194 Å². The fourth-order valence-electron chi connectivity index (χ4n) is 4.17. The third kappa shape index (κ3) is 18.6. The average Bonchev–Trinajstić information content (AvgIpc) is 2.70. The van der Waals surface area contributed by atoms with Crippen LogP contribution in [0.15, 0.2) is 0 Å². The molecule has 0 heterocycles. The van der Waals surface area contributed by atoms with E-state index >= 15 is 0 Å². The lowest BCUT2D eigenvalue weighted by molar-refractivity contribution is -0.125. The lowest BCUT2D eigenvalue weighted by atomic mass is 9.88. The summed E-state index contributed by atoms with van der Waals surface area (Å²) in [6.07, 6.45) is 13.1. The smallest absolute Gasteiger partial charge is 0.138 e. The first kappa shape index (κ1) is 30.3. The maximum Gasteiger partial charge on any atom is 0.138 e. The predicted octanol–water partition coefficient (Wildman–Crippen LogP) is 8.04. The van der Waals surface area contributed by atoms with Crippen LogP contribution < -0.4 is 0 Å². The van der Waals surface area contributed by atoms with Crippen LogP contribution in [0.5, 0.6) is 0 Å². The van der Waals surface area contributed by atoms with Crippen molar-refractivity contribution >= 4 is 11.6 Å². The summed E-state index contributed by atoms with van der Waals surface area (Å²) in [6, 6.07) is 0. The molecule has 0 fully saturated rings. The molecule has 0 aliphatic heterocycles. The molecule has 31 heavy (non-hydrogen) atoms. The normalized spacial score (nSPS) is 14.7. The van der Waals surface area contributed by atoms with Crippen LogP contribution in [-0.4, -0.2) is 25.3 Å². The largest absolute Gasteiger partial charge is 0.384 e. The van der Waals surface area contributed by atoms with Crippen molar-refractivity contribution in [2.24, 2.45) is 29.6 Å². The van der Waals surface area contributed by atoms with Gasteiger partial charge in [0.25, 0.3) is 0 Å². The summed E-state index contributed by atoms with van der Waals surface area (Å²) in [7, 11) is 1.70. The highest BCUT2D eigenvalue weighted by molar-refractivity contribution is 5.81. The molecule has 0 aromatic heterocycles. The molecule has 0 N–H and O–H groups in total. The second-order valence-electron chi connectivity index (χ2n) is 11.0. The van der Waals surface area contributed by atoms with Crippen LogP contribution in [0.4, 0.5) is 0 Å². The second-order valence-corrected chi connectivity index (χ2v) is 11.0. The van der Waals surface area contributed by atoms with Gasteiger partial charge >= 0.3 is 0 Å². The molecule has 3 unspecified atom stereocenters. The molecule has 0 aromatic carbocycles. The molecule has 0 rings (SSSR count). The molecule has 0 aromatic rings. The van der Waals surface area contributed by atoms with Gasteiger partial charge in [0.05, 0.1) is 6.61 Å². The lowest BCUT2D eigenvalue weighted by Crippen LogP contribution is -2.21. The molecule has 0 saturated heterocycles. The summed E-state index contributed by atoms with van der Waals surface area (Å²) in [4.78, 5) is 24.7. The van der Waals surface area contributed by atoms with Gasteiger partial charge in [0, 0.05) is 32.3 Å². The number of ketones is 2. The van der Waals surface area contributed by atoms with Gasteiger partial charge in [-0.15, -0.1) is 0 Å². The first-order valence-corrected chi connectivity index (χ1v) is 13.2. The monoisotopic (exact) mass is 438 g/mol. The molecule has 3 heteroatoms. The van der Waals surface area contributed by atoms with E-state index in [4.69, 9.17) is 4.74 Å². The highest BCUT2D eigenvalue weighted by atomic mass is 16.5. The Morgan fingerprint density at radius 3 is 1.81 bits per heavy atom. The molecule has 0 spiro atoms. The van der Waals surface area contributed by atoms with Crippen LogP contribution >= 0.6 is 0 Å². The Morgan fingerprint density at radius 2 is 1.19 bits per heavy atom. The van der Waals surface area contributed by atoms with Crippen molar-refractivity contribution in [3.05, 3.63) is 0 Å². The minimum atomic E-state index is 0.0484. The fourth-order valence-corrected chi connectivity index (χ4v) is 4.17. The molecule has 0 radical (unpaired) electrons. The zero-order chi connectivity index (χ0) is 23.6. The van der Waals surface area contributed by atoms with E-state index in [9.17, 15) is 9.59 Å². The van der Waals surface area contributed by atoms with E-state index in [1.54, 1.807) is 7.11 Å². The number of unbranched alkanes of at least 4 members (excludes halogenated alkanes) is 1. The van der Waals surface area contributed by atoms with Crippen molar-refractivity contribution in [2.45, 2.75) is 125 Å². The van der Waals surface area contributed by atoms with Crippen molar-refractivity contribution in [3.8, 4) is 0 Å². The lowest BCUT2D eigenvalue weighted by Gasteiger charge is -2.19. The third-order valence-electron chi connectivity index (χ3n) is 6.59. The molecule has 0 saturated carbocycles. The summed E-state index contributed by atoms with van der Waals surface area (Å²) in [5.74, 6) is 3.53. The zero-order valence-electron chi connectivity index (χ0n) is 22.0. The fraction of sp³-hybridized carbons (Fsp3) is 0.929. The first-order chi connectivity index (χ1) is 14.6. The Balaban J connectivity index is 4.05. The number of rotatable bonds is 21. The average molecular weight is 439 g/mol. The van der Waals surface area contributed by atoms with Crippen LogP contribution in [-0.2, 0) is 14.3 Å². The summed E-state index contributed by atoms with van der Waals surface area (Å²) >= 11 is 0. The van der Waals surface area contributed by atoms with Crippen molar-refractivity contribution in [2.75, 3.05) is 13.7 Å². The SMILES string of the molecule is COCC(CCC(C)CCCCC(=O)CCCC(C)C)C(=O)CCC(C)CCC(C)C. The van der Waals surface area contributed by atoms with E-state index in [1.807, 2.05) is 0 Å². The molecule has 3 atom stereocenters. The summed E-state index contributed by atoms with van der Waals surface area (Å²) < 4.78 is 5.36. The van der Waals surface area contributed by atoms with Gasteiger partial charge in [-0.1, -0.05) is 73.6 Å². The van der Waals surface area contributed by atoms with Gasteiger partial charge in [0.1, 0.15) is 11.6 Å². The van der Waals surface area contributed by atoms with Gasteiger partial charge in [0.2, 0.25) is 0 Å².